The molecule has 0 atom stereocenters. The van der Waals surface area contributed by atoms with Crippen LogP contribution in [0.25, 0.3) is 76.5 Å². The van der Waals surface area contributed by atoms with Crippen molar-refractivity contribution in [1.29, 1.82) is 0 Å². The third-order valence-electron chi connectivity index (χ3n) is 8.13. The van der Waals surface area contributed by atoms with Crippen molar-refractivity contribution < 1.29 is 2.74 Å². The monoisotopic (exact) mass is 508 g/mol. The summed E-state index contributed by atoms with van der Waals surface area (Å²) in [7, 11) is 0. The van der Waals surface area contributed by atoms with Crippen molar-refractivity contribution >= 4 is 43.1 Å². The van der Waals surface area contributed by atoms with E-state index in [9.17, 15) is 0 Å². The third kappa shape index (κ3) is 3.54. The average Bonchev–Trinajstić information content (AvgIpc) is 3.04. The number of fused-ring (bicyclic) bond motifs is 4. The highest BCUT2D eigenvalue weighted by molar-refractivity contribution is 6.24. The second-order valence-corrected chi connectivity index (χ2v) is 10.3. The van der Waals surface area contributed by atoms with Crippen LogP contribution in [0, 0.1) is 0 Å². The van der Waals surface area contributed by atoms with E-state index >= 15 is 0 Å². The Hall–Kier alpha value is -5.20. The summed E-state index contributed by atoms with van der Waals surface area (Å²) in [5.74, 6) is 0. The van der Waals surface area contributed by atoms with Crippen LogP contribution in [0.5, 0.6) is 0 Å². The Labute approximate surface area is 236 Å². The van der Waals surface area contributed by atoms with Crippen molar-refractivity contribution in [1.82, 2.24) is 0 Å². The zero-order valence-electron chi connectivity index (χ0n) is 23.9. The van der Waals surface area contributed by atoms with Gasteiger partial charge in [-0.1, -0.05) is 152 Å². The van der Waals surface area contributed by atoms with Gasteiger partial charge in [-0.2, -0.15) is 0 Å². The molecule has 0 heteroatoms. The van der Waals surface area contributed by atoms with Crippen LogP contribution >= 0.6 is 0 Å². The summed E-state index contributed by atoms with van der Waals surface area (Å²) < 4.78 is 16.4. The maximum Gasteiger partial charge on any atom is 0.0623 e. The van der Waals surface area contributed by atoms with Gasteiger partial charge in [0.2, 0.25) is 0 Å². The molecule has 0 N–H and O–H groups in total. The molecular formula is C40H26. The third-order valence-corrected chi connectivity index (χ3v) is 8.13. The van der Waals surface area contributed by atoms with E-state index in [4.69, 9.17) is 2.74 Å². The number of benzene rings is 8. The molecule has 0 radical (unpaired) electrons. The average molecular weight is 509 g/mol. The Bertz CT molecular complexity index is 2270. The van der Waals surface area contributed by atoms with E-state index in [1.165, 1.54) is 54.6 Å². The summed E-state index contributed by atoms with van der Waals surface area (Å²) in [4.78, 5) is 0. The molecule has 8 aromatic carbocycles. The van der Waals surface area contributed by atoms with Crippen LogP contribution in [-0.4, -0.2) is 0 Å². The first-order valence-electron chi connectivity index (χ1n) is 14.7. The van der Waals surface area contributed by atoms with Crippen LogP contribution in [0.2, 0.25) is 0 Å². The fourth-order valence-corrected chi connectivity index (χ4v) is 6.37. The lowest BCUT2D eigenvalue weighted by molar-refractivity contribution is 1.65. The van der Waals surface area contributed by atoms with Gasteiger partial charge < -0.3 is 0 Å². The van der Waals surface area contributed by atoms with Crippen LogP contribution in [0.3, 0.4) is 0 Å². The molecule has 0 aliphatic rings. The molecule has 0 saturated carbocycles. The highest BCUT2D eigenvalue weighted by Gasteiger charge is 2.18. The molecular weight excluding hydrogens is 480 g/mol. The molecule has 0 aliphatic heterocycles. The number of hydrogen-bond donors (Lipinski definition) is 0. The van der Waals surface area contributed by atoms with Crippen LogP contribution < -0.4 is 0 Å². The molecule has 0 spiro atoms. The number of rotatable bonds is 3. The summed E-state index contributed by atoms with van der Waals surface area (Å²) in [6, 6.07) is 51.8. The van der Waals surface area contributed by atoms with Gasteiger partial charge in [0.15, 0.2) is 0 Å². The van der Waals surface area contributed by atoms with E-state index in [2.05, 4.69) is 127 Å². The molecule has 40 heavy (non-hydrogen) atoms. The fourth-order valence-electron chi connectivity index (χ4n) is 6.37. The van der Waals surface area contributed by atoms with Crippen molar-refractivity contribution in [2.24, 2.45) is 0 Å². The molecule has 0 fully saturated rings. The smallest absolute Gasteiger partial charge is 0.0622 e. The largest absolute Gasteiger partial charge is 0.0623 e. The molecule has 0 heterocycles. The minimum absolute atomic E-state index is 0.236. The van der Waals surface area contributed by atoms with Gasteiger partial charge in [-0.3, -0.25) is 0 Å². The van der Waals surface area contributed by atoms with Crippen molar-refractivity contribution in [3.8, 4) is 33.4 Å². The molecule has 0 aliphatic carbocycles. The first-order chi connectivity index (χ1) is 20.7. The quantitative estimate of drug-likeness (QED) is 0.208. The van der Waals surface area contributed by atoms with Gasteiger partial charge in [-0.15, -0.1) is 0 Å². The lowest BCUT2D eigenvalue weighted by atomic mass is 9.84. The Morgan fingerprint density at radius 3 is 1.60 bits per heavy atom. The molecule has 0 amide bonds. The molecule has 8 rings (SSSR count). The van der Waals surface area contributed by atoms with Gasteiger partial charge in [-0.05, 0) is 82.5 Å². The fraction of sp³-hybridized carbons (Fsp3) is 0. The molecule has 0 unspecified atom stereocenters. The molecule has 186 valence electrons. The van der Waals surface area contributed by atoms with Crippen molar-refractivity contribution in [3.05, 3.63) is 158 Å². The summed E-state index contributed by atoms with van der Waals surface area (Å²) in [6.07, 6.45) is 0. The first kappa shape index (κ1) is 20.7. The predicted octanol–water partition coefficient (Wildman–Crippen LogP) is 11.3. The first-order valence-corrected chi connectivity index (χ1v) is 13.7. The van der Waals surface area contributed by atoms with E-state index in [1.54, 1.807) is 6.07 Å². The van der Waals surface area contributed by atoms with E-state index in [1.807, 2.05) is 12.1 Å². The van der Waals surface area contributed by atoms with E-state index in [0.29, 0.717) is 0 Å². The summed E-state index contributed by atoms with van der Waals surface area (Å²) in [5, 5.41) is 9.58. The Morgan fingerprint density at radius 1 is 0.325 bits per heavy atom. The van der Waals surface area contributed by atoms with Gasteiger partial charge in [0.05, 0.1) is 2.74 Å². The van der Waals surface area contributed by atoms with Crippen molar-refractivity contribution in [2.75, 3.05) is 0 Å². The van der Waals surface area contributed by atoms with Gasteiger partial charge >= 0.3 is 0 Å². The van der Waals surface area contributed by atoms with E-state index < -0.39 is 0 Å². The SMILES string of the molecule is [2H]c1ccc(-c2c3ccccc3c(-c3cccc4c(-c5ccc6ccccc6c5)cccc34)c3ccccc23)cc1[2H]. The van der Waals surface area contributed by atoms with Gasteiger partial charge in [-0.25, -0.2) is 0 Å². The molecule has 0 bridgehead atoms. The molecule has 8 aromatic rings. The standard InChI is InChI=1S/C40H26/c1-2-13-28(14-3-1)39-35-16-6-8-18-37(35)40(38-19-9-7-17-36(38)39)34-23-11-21-32-31(20-10-22-33(32)34)30-25-24-27-12-4-5-15-29(27)26-30/h1-26H/i1D,2D. The maximum absolute atomic E-state index is 8.34. The minimum atomic E-state index is 0.236. The Balaban J connectivity index is 1.44. The van der Waals surface area contributed by atoms with Gasteiger partial charge in [0, 0.05) is 0 Å². The second kappa shape index (κ2) is 9.22. The zero-order valence-corrected chi connectivity index (χ0v) is 21.9. The maximum atomic E-state index is 8.34. The molecule has 0 saturated heterocycles. The van der Waals surface area contributed by atoms with E-state index in [-0.39, 0.29) is 12.1 Å². The summed E-state index contributed by atoms with van der Waals surface area (Å²) in [6.45, 7) is 0. The normalized spacial score (nSPS) is 12.2. The van der Waals surface area contributed by atoms with Crippen molar-refractivity contribution in [3.63, 3.8) is 0 Å². The zero-order chi connectivity index (χ0) is 28.2. The van der Waals surface area contributed by atoms with Crippen LogP contribution in [0.15, 0.2) is 158 Å². The molecule has 0 aromatic heterocycles. The van der Waals surface area contributed by atoms with E-state index in [0.717, 1.165) is 21.9 Å². The lowest BCUT2D eigenvalue weighted by Crippen LogP contribution is -1.92. The van der Waals surface area contributed by atoms with Gasteiger partial charge in [0.25, 0.3) is 0 Å². The van der Waals surface area contributed by atoms with Crippen LogP contribution in [0.4, 0.5) is 0 Å². The Kier molecular flexibility index (Phi) is 4.78. The summed E-state index contributed by atoms with van der Waals surface area (Å²) in [5.41, 5.74) is 6.93. The van der Waals surface area contributed by atoms with Crippen LogP contribution in [-0.2, 0) is 0 Å². The highest BCUT2D eigenvalue weighted by Crippen LogP contribution is 2.46. The summed E-state index contributed by atoms with van der Waals surface area (Å²) >= 11 is 0. The van der Waals surface area contributed by atoms with Crippen LogP contribution in [0.1, 0.15) is 2.74 Å². The second-order valence-electron chi connectivity index (χ2n) is 10.3. The highest BCUT2D eigenvalue weighted by atomic mass is 14.2. The minimum Gasteiger partial charge on any atom is -0.0622 e. The van der Waals surface area contributed by atoms with Gasteiger partial charge in [0.1, 0.15) is 0 Å². The predicted molar refractivity (Wildman–Crippen MR) is 173 cm³/mol. The molecule has 0 nitrogen and oxygen atoms in total. The Morgan fingerprint density at radius 2 is 0.900 bits per heavy atom. The topological polar surface area (TPSA) is 0 Å². The van der Waals surface area contributed by atoms with Crippen molar-refractivity contribution in [2.45, 2.75) is 0 Å². The number of hydrogen-bond acceptors (Lipinski definition) is 0. The lowest BCUT2D eigenvalue weighted by Gasteiger charge is -2.19.